The van der Waals surface area contributed by atoms with Gasteiger partial charge in [0, 0.05) is 6.42 Å². The van der Waals surface area contributed by atoms with Gasteiger partial charge in [-0.2, -0.15) is 0 Å². The van der Waals surface area contributed by atoms with Crippen molar-refractivity contribution >= 4 is 22.1 Å². The van der Waals surface area contributed by atoms with Crippen LogP contribution in [0.3, 0.4) is 0 Å². The first-order valence-electron chi connectivity index (χ1n) is 11.1. The van der Waals surface area contributed by atoms with Crippen molar-refractivity contribution in [1.29, 1.82) is 0 Å². The van der Waals surface area contributed by atoms with Crippen LogP contribution in [0.25, 0.3) is 22.1 Å². The number of rotatable bonds is 6. The molecule has 0 fully saturated rings. The maximum atomic E-state index is 4.58. The summed E-state index contributed by atoms with van der Waals surface area (Å²) in [7, 11) is 0. The SMILES string of the molecule is c1ccc([C@@H](C[C@@H](c2ccccc2)n2nnc3ccccc32)n2nnc3ccccc32)cc1. The highest BCUT2D eigenvalue weighted by atomic mass is 15.5. The Kier molecular flexibility index (Phi) is 4.88. The summed E-state index contributed by atoms with van der Waals surface area (Å²) in [6.45, 7) is 0. The van der Waals surface area contributed by atoms with Gasteiger partial charge in [-0.3, -0.25) is 0 Å². The maximum absolute atomic E-state index is 4.58. The zero-order chi connectivity index (χ0) is 22.0. The molecule has 6 aromatic rings. The van der Waals surface area contributed by atoms with E-state index in [-0.39, 0.29) is 12.1 Å². The molecule has 6 nitrogen and oxygen atoms in total. The average molecular weight is 431 g/mol. The lowest BCUT2D eigenvalue weighted by Crippen LogP contribution is -2.21. The molecule has 2 aromatic heterocycles. The minimum absolute atomic E-state index is 0.0354. The van der Waals surface area contributed by atoms with Crippen LogP contribution < -0.4 is 0 Å². The minimum atomic E-state index is -0.0354. The Hall–Kier alpha value is -4.32. The molecule has 4 aromatic carbocycles. The summed E-state index contributed by atoms with van der Waals surface area (Å²) in [6, 6.07) is 37.1. The first kappa shape index (κ1) is 19.4. The summed E-state index contributed by atoms with van der Waals surface area (Å²) in [5.41, 5.74) is 6.17. The summed E-state index contributed by atoms with van der Waals surface area (Å²) < 4.78 is 4.08. The highest BCUT2D eigenvalue weighted by Gasteiger charge is 2.26. The van der Waals surface area contributed by atoms with E-state index in [2.05, 4.69) is 81.3 Å². The van der Waals surface area contributed by atoms with Crippen LogP contribution in [0.1, 0.15) is 29.6 Å². The number of benzene rings is 4. The number of fused-ring (bicyclic) bond motifs is 2. The first-order valence-corrected chi connectivity index (χ1v) is 11.1. The van der Waals surface area contributed by atoms with E-state index in [0.29, 0.717) is 0 Å². The van der Waals surface area contributed by atoms with Crippen LogP contribution in [0.4, 0.5) is 0 Å². The molecule has 0 unspecified atom stereocenters. The van der Waals surface area contributed by atoms with Gasteiger partial charge >= 0.3 is 0 Å². The monoisotopic (exact) mass is 430 g/mol. The lowest BCUT2D eigenvalue weighted by atomic mass is 9.94. The zero-order valence-electron chi connectivity index (χ0n) is 17.9. The highest BCUT2D eigenvalue weighted by Crippen LogP contribution is 2.34. The molecule has 160 valence electrons. The van der Waals surface area contributed by atoms with E-state index >= 15 is 0 Å². The molecule has 0 N–H and O–H groups in total. The quantitative estimate of drug-likeness (QED) is 0.353. The highest BCUT2D eigenvalue weighted by molar-refractivity contribution is 5.75. The lowest BCUT2D eigenvalue weighted by Gasteiger charge is -2.25. The van der Waals surface area contributed by atoms with E-state index in [1.807, 2.05) is 57.9 Å². The third-order valence-corrected chi connectivity index (χ3v) is 6.16. The molecule has 0 saturated carbocycles. The van der Waals surface area contributed by atoms with Crippen LogP contribution in [0, 0.1) is 0 Å². The van der Waals surface area contributed by atoms with Gasteiger partial charge < -0.3 is 0 Å². The van der Waals surface area contributed by atoms with Crippen molar-refractivity contribution in [2.45, 2.75) is 18.5 Å². The summed E-state index contributed by atoms with van der Waals surface area (Å²) in [4.78, 5) is 0. The van der Waals surface area contributed by atoms with E-state index in [4.69, 9.17) is 0 Å². The second-order valence-corrected chi connectivity index (χ2v) is 8.13. The van der Waals surface area contributed by atoms with E-state index < -0.39 is 0 Å². The van der Waals surface area contributed by atoms with Crippen LogP contribution in [-0.4, -0.2) is 30.0 Å². The van der Waals surface area contributed by atoms with Crippen LogP contribution in [-0.2, 0) is 0 Å². The van der Waals surface area contributed by atoms with Crippen molar-refractivity contribution in [3.8, 4) is 0 Å². The van der Waals surface area contributed by atoms with Crippen LogP contribution >= 0.6 is 0 Å². The van der Waals surface area contributed by atoms with Gasteiger partial charge in [-0.1, -0.05) is 95.4 Å². The van der Waals surface area contributed by atoms with E-state index in [1.165, 1.54) is 11.1 Å². The van der Waals surface area contributed by atoms with Gasteiger partial charge in [0.2, 0.25) is 0 Å². The standard InChI is InChI=1S/C27H22N6/c1-3-11-20(12-4-1)26(32-24-17-9-7-15-22(24)28-30-32)19-27(21-13-5-2-6-14-21)33-25-18-10-8-16-23(25)29-31-33/h1-18,26-27H,19H2/t26-,27+. The van der Waals surface area contributed by atoms with Crippen molar-refractivity contribution < 1.29 is 0 Å². The number of nitrogens with zero attached hydrogens (tertiary/aromatic N) is 6. The van der Waals surface area contributed by atoms with Crippen LogP contribution in [0.15, 0.2) is 109 Å². The van der Waals surface area contributed by atoms with Gasteiger partial charge in [0.25, 0.3) is 0 Å². The predicted molar refractivity (Wildman–Crippen MR) is 129 cm³/mol. The second kappa shape index (κ2) is 8.31. The fraction of sp³-hybridized carbons (Fsp3) is 0.111. The van der Waals surface area contributed by atoms with Gasteiger partial charge in [-0.15, -0.1) is 10.2 Å². The fourth-order valence-electron chi connectivity index (χ4n) is 4.55. The number of hydrogen-bond donors (Lipinski definition) is 0. The van der Waals surface area contributed by atoms with Gasteiger partial charge in [0.1, 0.15) is 11.0 Å². The van der Waals surface area contributed by atoms with Crippen molar-refractivity contribution in [3.05, 3.63) is 120 Å². The van der Waals surface area contributed by atoms with Gasteiger partial charge in [-0.05, 0) is 35.4 Å². The van der Waals surface area contributed by atoms with Gasteiger partial charge in [0.15, 0.2) is 0 Å². The molecule has 0 aliphatic heterocycles. The first-order chi connectivity index (χ1) is 16.4. The molecule has 6 heteroatoms. The number of para-hydroxylation sites is 2. The largest absolute Gasteiger partial charge is 0.237 e. The topological polar surface area (TPSA) is 61.4 Å². The van der Waals surface area contributed by atoms with E-state index in [0.717, 1.165) is 28.5 Å². The third kappa shape index (κ3) is 3.55. The molecular formula is C27H22N6. The van der Waals surface area contributed by atoms with Crippen molar-refractivity contribution in [2.75, 3.05) is 0 Å². The van der Waals surface area contributed by atoms with Gasteiger partial charge in [0.05, 0.1) is 23.1 Å². The molecule has 0 spiro atoms. The van der Waals surface area contributed by atoms with Crippen molar-refractivity contribution in [1.82, 2.24) is 30.0 Å². The normalized spacial score (nSPS) is 13.3. The summed E-state index contributed by atoms with van der Waals surface area (Å²) >= 11 is 0. The zero-order valence-corrected chi connectivity index (χ0v) is 17.9. The molecule has 0 bridgehead atoms. The Morgan fingerprint density at radius 2 is 0.879 bits per heavy atom. The third-order valence-electron chi connectivity index (χ3n) is 6.16. The Morgan fingerprint density at radius 3 is 1.33 bits per heavy atom. The fourth-order valence-corrected chi connectivity index (χ4v) is 4.55. The minimum Gasteiger partial charge on any atom is -0.237 e. The Labute approximate surface area is 191 Å². The predicted octanol–water partition coefficient (Wildman–Crippen LogP) is 5.45. The summed E-state index contributed by atoms with van der Waals surface area (Å²) in [5, 5.41) is 18.0. The molecule has 2 atom stereocenters. The van der Waals surface area contributed by atoms with E-state index in [1.54, 1.807) is 0 Å². The van der Waals surface area contributed by atoms with Crippen LogP contribution in [0.2, 0.25) is 0 Å². The Bertz CT molecular complexity index is 1390. The van der Waals surface area contributed by atoms with E-state index in [9.17, 15) is 0 Å². The smallest absolute Gasteiger partial charge is 0.113 e. The van der Waals surface area contributed by atoms with Crippen LogP contribution in [0.5, 0.6) is 0 Å². The molecule has 0 aliphatic rings. The van der Waals surface area contributed by atoms with Crippen molar-refractivity contribution in [2.24, 2.45) is 0 Å². The molecule has 2 heterocycles. The molecule has 0 amide bonds. The number of hydrogen-bond acceptors (Lipinski definition) is 4. The summed E-state index contributed by atoms with van der Waals surface area (Å²) in [5.74, 6) is 0. The molecule has 0 radical (unpaired) electrons. The Morgan fingerprint density at radius 1 is 0.485 bits per heavy atom. The van der Waals surface area contributed by atoms with Crippen molar-refractivity contribution in [3.63, 3.8) is 0 Å². The molecular weight excluding hydrogens is 408 g/mol. The molecule has 0 saturated heterocycles. The summed E-state index contributed by atoms with van der Waals surface area (Å²) in [6.07, 6.45) is 0.745. The number of aromatic nitrogens is 6. The average Bonchev–Trinajstić information content (AvgIpc) is 3.51. The molecule has 0 aliphatic carbocycles. The molecule has 6 rings (SSSR count). The Balaban J connectivity index is 1.52. The lowest BCUT2D eigenvalue weighted by molar-refractivity contribution is 0.395. The second-order valence-electron chi connectivity index (χ2n) is 8.13. The molecule has 33 heavy (non-hydrogen) atoms. The maximum Gasteiger partial charge on any atom is 0.113 e. The van der Waals surface area contributed by atoms with Gasteiger partial charge in [-0.25, -0.2) is 9.36 Å².